The van der Waals surface area contributed by atoms with Crippen molar-refractivity contribution < 1.29 is 14.0 Å². The van der Waals surface area contributed by atoms with Crippen molar-refractivity contribution >= 4 is 28.8 Å². The lowest BCUT2D eigenvalue weighted by Gasteiger charge is -2.06. The highest BCUT2D eigenvalue weighted by atomic mass is 32.1. The first-order chi connectivity index (χ1) is 13.6. The van der Waals surface area contributed by atoms with Gasteiger partial charge in [-0.1, -0.05) is 30.3 Å². The lowest BCUT2D eigenvalue weighted by Crippen LogP contribution is -2.13. The summed E-state index contributed by atoms with van der Waals surface area (Å²) < 4.78 is 5.43. The van der Waals surface area contributed by atoms with Crippen molar-refractivity contribution in [2.75, 3.05) is 5.32 Å². The van der Waals surface area contributed by atoms with Gasteiger partial charge in [-0.05, 0) is 36.4 Å². The molecule has 2 heterocycles. The van der Waals surface area contributed by atoms with Gasteiger partial charge in [0.1, 0.15) is 4.88 Å². The van der Waals surface area contributed by atoms with Gasteiger partial charge in [0.05, 0.1) is 12.0 Å². The second-order valence-electron chi connectivity index (χ2n) is 5.94. The van der Waals surface area contributed by atoms with Crippen LogP contribution in [0.25, 0.3) is 22.0 Å². The van der Waals surface area contributed by atoms with Crippen molar-refractivity contribution in [1.82, 2.24) is 4.98 Å². The molecule has 2 aromatic carbocycles. The molecule has 0 atom stereocenters. The molecule has 2 amide bonds. The Labute approximate surface area is 164 Å². The molecular weight excluding hydrogens is 374 g/mol. The van der Waals surface area contributed by atoms with Crippen LogP contribution >= 0.6 is 11.3 Å². The summed E-state index contributed by atoms with van der Waals surface area (Å²) in [7, 11) is 0. The first-order valence-electron chi connectivity index (χ1n) is 8.43. The molecule has 0 saturated heterocycles. The number of nitrogens with one attached hydrogen (secondary N) is 1. The first kappa shape index (κ1) is 17.7. The number of aromatic nitrogens is 1. The average Bonchev–Trinajstić information content (AvgIpc) is 3.39. The number of anilines is 1. The summed E-state index contributed by atoms with van der Waals surface area (Å²) in [6, 6.07) is 19.5. The molecule has 28 heavy (non-hydrogen) atoms. The molecular formula is C21H15N3O3S. The number of primary amides is 1. The van der Waals surface area contributed by atoms with Crippen LogP contribution in [0.5, 0.6) is 0 Å². The van der Waals surface area contributed by atoms with Crippen LogP contribution in [-0.4, -0.2) is 16.8 Å². The van der Waals surface area contributed by atoms with Gasteiger partial charge in [0.15, 0.2) is 10.8 Å². The molecule has 6 nitrogen and oxygen atoms in total. The fraction of sp³-hybridized carbons (Fsp3) is 0. The lowest BCUT2D eigenvalue weighted by molar-refractivity contribution is 0.0998. The van der Waals surface area contributed by atoms with Crippen molar-refractivity contribution in [3.8, 4) is 22.0 Å². The number of carbonyl (C=O) groups is 2. The number of hydrogen-bond acceptors (Lipinski definition) is 5. The van der Waals surface area contributed by atoms with Crippen LogP contribution in [0.3, 0.4) is 0 Å². The number of benzene rings is 2. The van der Waals surface area contributed by atoms with Crippen LogP contribution < -0.4 is 11.1 Å². The third-order valence-electron chi connectivity index (χ3n) is 4.04. The molecule has 0 bridgehead atoms. The molecule has 0 aliphatic carbocycles. The molecule has 4 rings (SSSR count). The minimum Gasteiger partial charge on any atom is -0.462 e. The second kappa shape index (κ2) is 7.50. The topological polar surface area (TPSA) is 98.2 Å². The highest BCUT2D eigenvalue weighted by Crippen LogP contribution is 2.34. The van der Waals surface area contributed by atoms with Crippen molar-refractivity contribution in [2.45, 2.75) is 0 Å². The van der Waals surface area contributed by atoms with Crippen molar-refractivity contribution in [2.24, 2.45) is 5.73 Å². The number of amides is 2. The second-order valence-corrected chi connectivity index (χ2v) is 6.93. The van der Waals surface area contributed by atoms with Crippen LogP contribution in [-0.2, 0) is 0 Å². The SMILES string of the molecule is NC(=O)c1ccc(NC(=O)c2sc(-c3ccco3)nc2-c2ccccc2)cc1. The molecule has 0 fully saturated rings. The Hall–Kier alpha value is -3.71. The third kappa shape index (κ3) is 3.56. The van der Waals surface area contributed by atoms with Gasteiger partial charge < -0.3 is 15.5 Å². The molecule has 2 aromatic heterocycles. The van der Waals surface area contributed by atoms with Crippen LogP contribution in [0, 0.1) is 0 Å². The van der Waals surface area contributed by atoms with Gasteiger partial charge in [0.2, 0.25) is 5.91 Å². The first-order valence-corrected chi connectivity index (χ1v) is 9.25. The Kier molecular flexibility index (Phi) is 4.74. The van der Waals surface area contributed by atoms with Gasteiger partial charge in [-0.3, -0.25) is 9.59 Å². The number of rotatable bonds is 5. The van der Waals surface area contributed by atoms with Gasteiger partial charge in [-0.15, -0.1) is 11.3 Å². The molecule has 138 valence electrons. The number of thiazole rings is 1. The monoisotopic (exact) mass is 389 g/mol. The molecule has 7 heteroatoms. The largest absolute Gasteiger partial charge is 0.462 e. The summed E-state index contributed by atoms with van der Waals surface area (Å²) >= 11 is 1.26. The zero-order valence-electron chi connectivity index (χ0n) is 14.6. The Balaban J connectivity index is 1.69. The minimum atomic E-state index is -0.519. The molecule has 0 spiro atoms. The van der Waals surface area contributed by atoms with Crippen molar-refractivity contribution in [3.05, 3.63) is 83.4 Å². The maximum atomic E-state index is 12.9. The zero-order chi connectivity index (χ0) is 19.5. The minimum absolute atomic E-state index is 0.291. The van der Waals surface area contributed by atoms with Crippen LogP contribution in [0.1, 0.15) is 20.0 Å². The van der Waals surface area contributed by atoms with E-state index in [-0.39, 0.29) is 5.91 Å². The number of nitrogens with two attached hydrogens (primary N) is 1. The Morgan fingerprint density at radius 2 is 1.71 bits per heavy atom. The summed E-state index contributed by atoms with van der Waals surface area (Å²) in [5.41, 5.74) is 7.61. The Bertz CT molecular complexity index is 1120. The summed E-state index contributed by atoms with van der Waals surface area (Å²) in [4.78, 5) is 29.2. The van der Waals surface area contributed by atoms with E-state index >= 15 is 0 Å². The summed E-state index contributed by atoms with van der Waals surface area (Å²) in [5, 5.41) is 3.47. The third-order valence-corrected chi connectivity index (χ3v) is 5.11. The molecule has 0 aliphatic heterocycles. The van der Waals surface area contributed by atoms with Crippen molar-refractivity contribution in [1.29, 1.82) is 0 Å². The lowest BCUT2D eigenvalue weighted by atomic mass is 10.1. The van der Waals surface area contributed by atoms with Gasteiger partial charge in [0, 0.05) is 16.8 Å². The van der Waals surface area contributed by atoms with Crippen molar-refractivity contribution in [3.63, 3.8) is 0 Å². The maximum Gasteiger partial charge on any atom is 0.268 e. The highest BCUT2D eigenvalue weighted by molar-refractivity contribution is 7.17. The highest BCUT2D eigenvalue weighted by Gasteiger charge is 2.21. The Morgan fingerprint density at radius 1 is 0.964 bits per heavy atom. The fourth-order valence-electron chi connectivity index (χ4n) is 2.68. The van der Waals surface area contributed by atoms with Crippen LogP contribution in [0.4, 0.5) is 5.69 Å². The smallest absolute Gasteiger partial charge is 0.268 e. The quantitative estimate of drug-likeness (QED) is 0.528. The number of nitrogens with zero attached hydrogens (tertiary/aromatic N) is 1. The number of hydrogen-bond donors (Lipinski definition) is 2. The number of furan rings is 1. The molecule has 0 saturated carbocycles. The van der Waals surface area contributed by atoms with E-state index in [2.05, 4.69) is 10.3 Å². The summed E-state index contributed by atoms with van der Waals surface area (Å²) in [6.07, 6.45) is 1.57. The van der Waals surface area contributed by atoms with E-state index in [4.69, 9.17) is 10.2 Å². The van der Waals surface area contributed by atoms with E-state index in [9.17, 15) is 9.59 Å². The van der Waals surface area contributed by atoms with E-state index in [0.717, 1.165) is 5.56 Å². The summed E-state index contributed by atoms with van der Waals surface area (Å²) in [5.74, 6) is -0.206. The van der Waals surface area contributed by atoms with Gasteiger partial charge in [-0.25, -0.2) is 4.98 Å². The molecule has 0 unspecified atom stereocenters. The molecule has 0 radical (unpaired) electrons. The van der Waals surface area contributed by atoms with Gasteiger partial charge >= 0.3 is 0 Å². The number of carbonyl (C=O) groups excluding carboxylic acids is 2. The van der Waals surface area contributed by atoms with Crippen LogP contribution in [0.2, 0.25) is 0 Å². The van der Waals surface area contributed by atoms with Crippen LogP contribution in [0.15, 0.2) is 77.4 Å². The van der Waals surface area contributed by atoms with Gasteiger partial charge in [-0.2, -0.15) is 0 Å². The van der Waals surface area contributed by atoms with E-state index < -0.39 is 5.91 Å². The fourth-order valence-corrected chi connectivity index (χ4v) is 3.63. The van der Waals surface area contributed by atoms with Gasteiger partial charge in [0.25, 0.3) is 5.91 Å². The zero-order valence-corrected chi connectivity index (χ0v) is 15.4. The Morgan fingerprint density at radius 3 is 2.36 bits per heavy atom. The molecule has 3 N–H and O–H groups in total. The predicted molar refractivity (Wildman–Crippen MR) is 108 cm³/mol. The molecule has 4 aromatic rings. The van der Waals surface area contributed by atoms with E-state index in [1.165, 1.54) is 11.3 Å². The summed E-state index contributed by atoms with van der Waals surface area (Å²) in [6.45, 7) is 0. The van der Waals surface area contributed by atoms with E-state index in [0.29, 0.717) is 32.6 Å². The average molecular weight is 389 g/mol. The molecule has 0 aliphatic rings. The van der Waals surface area contributed by atoms with E-state index in [1.807, 2.05) is 30.3 Å². The normalized spacial score (nSPS) is 10.6. The van der Waals surface area contributed by atoms with E-state index in [1.54, 1.807) is 42.7 Å². The predicted octanol–water partition coefficient (Wildman–Crippen LogP) is 4.42. The maximum absolute atomic E-state index is 12.9. The standard InChI is InChI=1S/C21H15N3O3S/c22-19(25)14-8-10-15(11-9-14)23-20(26)18-17(13-5-2-1-3-6-13)24-21(28-18)16-7-4-12-27-16/h1-12H,(H2,22,25)(H,23,26).